The molecule has 0 aliphatic rings. The molecule has 0 amide bonds. The summed E-state index contributed by atoms with van der Waals surface area (Å²) in [5, 5.41) is 0. The Morgan fingerprint density at radius 2 is 1.38 bits per heavy atom. The molecular weight excluding hydrogens is 425 g/mol. The Balaban J connectivity index is 1.75. The summed E-state index contributed by atoms with van der Waals surface area (Å²) in [5.41, 5.74) is 4.99. The Labute approximate surface area is 204 Å². The van der Waals surface area contributed by atoms with Gasteiger partial charge in [-0.05, 0) is 61.1 Å². The van der Waals surface area contributed by atoms with Crippen molar-refractivity contribution in [2.24, 2.45) is 0 Å². The second-order valence-corrected chi connectivity index (χ2v) is 9.27. The molecule has 1 radical (unpaired) electrons. The highest BCUT2D eigenvalue weighted by Crippen LogP contribution is 2.29. The fourth-order valence-corrected chi connectivity index (χ4v) is 4.57. The predicted molar refractivity (Wildman–Crippen MR) is 139 cm³/mol. The van der Waals surface area contributed by atoms with E-state index in [1.807, 2.05) is 12.1 Å². The second-order valence-electron chi connectivity index (χ2n) is 9.27. The van der Waals surface area contributed by atoms with Crippen molar-refractivity contribution in [2.45, 2.75) is 90.3 Å². The maximum atomic E-state index is 14.0. The van der Waals surface area contributed by atoms with Gasteiger partial charge in [-0.25, -0.2) is 13.8 Å². The van der Waals surface area contributed by atoms with Crippen LogP contribution in [0.1, 0.15) is 93.6 Å². The Morgan fingerprint density at radius 3 is 1.94 bits per heavy atom. The normalized spacial score (nSPS) is 11.3. The van der Waals surface area contributed by atoms with Gasteiger partial charge < -0.3 is 4.98 Å². The zero-order valence-electron chi connectivity index (χ0n) is 20.8. The van der Waals surface area contributed by atoms with E-state index in [2.05, 4.69) is 26.1 Å². The van der Waals surface area contributed by atoms with Crippen molar-refractivity contribution in [1.82, 2.24) is 9.97 Å². The highest BCUT2D eigenvalue weighted by atomic mass is 19.1. The third kappa shape index (κ3) is 8.11. The molecule has 0 fully saturated rings. The van der Waals surface area contributed by atoms with Crippen LogP contribution in [0.25, 0.3) is 0 Å². The highest BCUT2D eigenvalue weighted by Gasteiger charge is 2.18. The van der Waals surface area contributed by atoms with Gasteiger partial charge in [-0.3, -0.25) is 0 Å². The standard InChI is InChI=1S/C29H38BF2N2/c1-3-5-7-9-17-27-28(18-10-8-6-4-2)34-29(33-27)30-21-26(22-13-11-15-24(31)19-22)23-14-12-16-25(32)20-23/h11-16,19-20,26H,3-10,17-18,21H2,1-2H3,(H,33,34). The van der Waals surface area contributed by atoms with Crippen molar-refractivity contribution < 1.29 is 8.78 Å². The second kappa shape index (κ2) is 14.1. The number of hydrogen-bond acceptors (Lipinski definition) is 1. The maximum Gasteiger partial charge on any atom is 0.202 e. The van der Waals surface area contributed by atoms with Crippen molar-refractivity contribution in [2.75, 3.05) is 0 Å². The summed E-state index contributed by atoms with van der Waals surface area (Å²) in [5.74, 6) is -0.696. The number of benzene rings is 2. The van der Waals surface area contributed by atoms with Gasteiger partial charge in [0.1, 0.15) is 11.6 Å². The van der Waals surface area contributed by atoms with Crippen molar-refractivity contribution in [3.05, 3.63) is 82.7 Å². The number of aromatic amines is 1. The number of rotatable bonds is 15. The molecule has 1 aromatic heterocycles. The van der Waals surface area contributed by atoms with Crippen LogP contribution in [0.15, 0.2) is 48.5 Å². The van der Waals surface area contributed by atoms with Crippen LogP contribution >= 0.6 is 0 Å². The van der Waals surface area contributed by atoms with Crippen molar-refractivity contribution >= 4 is 13.0 Å². The predicted octanol–water partition coefficient (Wildman–Crippen LogP) is 7.51. The van der Waals surface area contributed by atoms with Crippen LogP contribution in [0, 0.1) is 11.6 Å². The van der Waals surface area contributed by atoms with E-state index in [0.717, 1.165) is 36.1 Å². The lowest BCUT2D eigenvalue weighted by Crippen LogP contribution is -2.21. The lowest BCUT2D eigenvalue weighted by Gasteiger charge is -2.17. The van der Waals surface area contributed by atoms with Gasteiger partial charge in [-0.2, -0.15) is 0 Å². The summed E-state index contributed by atoms with van der Waals surface area (Å²) in [6.07, 6.45) is 12.4. The summed E-state index contributed by atoms with van der Waals surface area (Å²) >= 11 is 0. The SMILES string of the molecule is CCCCCCc1nc([B]CC(c2cccc(F)c2)c2cccc(F)c2)[nH]c1CCCCCC. The van der Waals surface area contributed by atoms with Crippen LogP contribution in [0.4, 0.5) is 8.78 Å². The van der Waals surface area contributed by atoms with Gasteiger partial charge in [0.25, 0.3) is 0 Å². The van der Waals surface area contributed by atoms with Gasteiger partial charge in [0, 0.05) is 11.6 Å². The quantitative estimate of drug-likeness (QED) is 0.183. The molecule has 3 rings (SSSR count). The van der Waals surface area contributed by atoms with Gasteiger partial charge in [0.05, 0.1) is 11.4 Å². The molecule has 0 spiro atoms. The molecule has 3 aromatic rings. The Hall–Kier alpha value is -2.43. The number of halogens is 2. The first-order chi connectivity index (χ1) is 16.6. The molecule has 0 saturated heterocycles. The van der Waals surface area contributed by atoms with E-state index in [4.69, 9.17) is 4.98 Å². The summed E-state index contributed by atoms with van der Waals surface area (Å²) in [7, 11) is 2.09. The van der Waals surface area contributed by atoms with Crippen molar-refractivity contribution in [3.63, 3.8) is 0 Å². The van der Waals surface area contributed by atoms with Gasteiger partial charge in [0.15, 0.2) is 0 Å². The molecule has 34 heavy (non-hydrogen) atoms. The van der Waals surface area contributed by atoms with E-state index < -0.39 is 0 Å². The monoisotopic (exact) mass is 463 g/mol. The molecule has 0 saturated carbocycles. The summed E-state index contributed by atoms with van der Waals surface area (Å²) < 4.78 is 28.0. The first-order valence-electron chi connectivity index (χ1n) is 13.0. The number of nitrogens with one attached hydrogen (secondary N) is 1. The number of unbranched alkanes of at least 4 members (excludes halogenated alkanes) is 6. The van der Waals surface area contributed by atoms with E-state index in [9.17, 15) is 8.78 Å². The zero-order chi connectivity index (χ0) is 24.2. The number of aromatic nitrogens is 2. The molecule has 1 N–H and O–H groups in total. The average Bonchev–Trinajstić information content (AvgIpc) is 3.21. The minimum absolute atomic E-state index is 0.141. The smallest absolute Gasteiger partial charge is 0.202 e. The molecular formula is C29H38BF2N2. The fourth-order valence-electron chi connectivity index (χ4n) is 4.57. The molecule has 2 aromatic carbocycles. The molecule has 181 valence electrons. The number of imidazole rings is 1. The Morgan fingerprint density at radius 1 is 0.794 bits per heavy atom. The number of nitrogens with zero attached hydrogens (tertiary/aromatic N) is 1. The van der Waals surface area contributed by atoms with E-state index in [1.54, 1.807) is 24.3 Å². The summed E-state index contributed by atoms with van der Waals surface area (Å²) in [4.78, 5) is 8.51. The van der Waals surface area contributed by atoms with E-state index in [-0.39, 0.29) is 17.6 Å². The molecule has 0 aliphatic heterocycles. The molecule has 0 bridgehead atoms. The lowest BCUT2D eigenvalue weighted by atomic mass is 9.65. The van der Waals surface area contributed by atoms with E-state index in [0.29, 0.717) is 6.32 Å². The number of aryl methyl sites for hydroxylation is 2. The van der Waals surface area contributed by atoms with Crippen LogP contribution in [0.2, 0.25) is 6.32 Å². The third-order valence-corrected chi connectivity index (χ3v) is 6.48. The summed E-state index contributed by atoms with van der Waals surface area (Å²) in [6.45, 7) is 4.46. The molecule has 0 unspecified atom stereocenters. The molecule has 2 nitrogen and oxygen atoms in total. The topological polar surface area (TPSA) is 28.7 Å². The molecule has 0 atom stereocenters. The fraction of sp³-hybridized carbons (Fsp3) is 0.483. The average molecular weight is 463 g/mol. The Kier molecular flexibility index (Phi) is 10.8. The minimum atomic E-state index is -0.277. The van der Waals surface area contributed by atoms with Gasteiger partial charge in [0.2, 0.25) is 7.28 Å². The van der Waals surface area contributed by atoms with E-state index in [1.165, 1.54) is 68.5 Å². The molecule has 5 heteroatoms. The first kappa shape index (κ1) is 26.2. The van der Waals surface area contributed by atoms with Crippen LogP contribution in [-0.4, -0.2) is 17.2 Å². The first-order valence-corrected chi connectivity index (χ1v) is 13.0. The molecule has 1 heterocycles. The van der Waals surface area contributed by atoms with Crippen LogP contribution in [0.3, 0.4) is 0 Å². The minimum Gasteiger partial charge on any atom is -0.354 e. The zero-order valence-corrected chi connectivity index (χ0v) is 20.8. The van der Waals surface area contributed by atoms with Crippen LogP contribution in [-0.2, 0) is 12.8 Å². The van der Waals surface area contributed by atoms with Gasteiger partial charge >= 0.3 is 0 Å². The third-order valence-electron chi connectivity index (χ3n) is 6.48. The van der Waals surface area contributed by atoms with Gasteiger partial charge in [-0.15, -0.1) is 0 Å². The Bertz CT molecular complexity index is 926. The van der Waals surface area contributed by atoms with E-state index >= 15 is 0 Å². The number of hydrogen-bond donors (Lipinski definition) is 1. The highest BCUT2D eigenvalue weighted by molar-refractivity contribution is 6.51. The molecule has 0 aliphatic carbocycles. The van der Waals surface area contributed by atoms with Crippen molar-refractivity contribution in [3.8, 4) is 0 Å². The van der Waals surface area contributed by atoms with Crippen LogP contribution < -0.4 is 5.72 Å². The maximum absolute atomic E-state index is 14.0. The van der Waals surface area contributed by atoms with Crippen LogP contribution in [0.5, 0.6) is 0 Å². The summed E-state index contributed by atoms with van der Waals surface area (Å²) in [6, 6.07) is 13.2. The van der Waals surface area contributed by atoms with Crippen molar-refractivity contribution in [1.29, 1.82) is 0 Å². The number of H-pyrrole nitrogens is 1. The lowest BCUT2D eigenvalue weighted by molar-refractivity contribution is 0.621. The van der Waals surface area contributed by atoms with Gasteiger partial charge in [-0.1, -0.05) is 83.0 Å². The largest absolute Gasteiger partial charge is 0.354 e.